The minimum absolute atomic E-state index is 0.0328. The quantitative estimate of drug-likeness (QED) is 0.290. The number of benzene rings is 2. The summed E-state index contributed by atoms with van der Waals surface area (Å²) in [6.07, 6.45) is 6.66. The van der Waals surface area contributed by atoms with Crippen LogP contribution in [0.25, 0.3) is 0 Å². The number of anilines is 1. The molecule has 4 heterocycles. The number of pyridine rings is 1. The summed E-state index contributed by atoms with van der Waals surface area (Å²) >= 11 is 1.37. The molecular formula is C35H36N6O3S. The third-order valence-electron chi connectivity index (χ3n) is 8.89. The summed E-state index contributed by atoms with van der Waals surface area (Å²) < 4.78 is 6.55. The van der Waals surface area contributed by atoms with E-state index < -0.39 is 0 Å². The van der Waals surface area contributed by atoms with Crippen molar-refractivity contribution in [2.45, 2.75) is 32.2 Å². The number of thiazole rings is 1. The molecule has 2 aromatic heterocycles. The molecule has 0 radical (unpaired) electrons. The summed E-state index contributed by atoms with van der Waals surface area (Å²) in [4.78, 5) is 42.6. The fourth-order valence-corrected chi connectivity index (χ4v) is 6.81. The van der Waals surface area contributed by atoms with Crippen LogP contribution in [0.5, 0.6) is 5.75 Å². The van der Waals surface area contributed by atoms with E-state index in [0.717, 1.165) is 43.6 Å². The minimum atomic E-state index is -0.151. The standard InChI is InChI=1S/C35H36N6O3S/c36-21-28-11-12-32(38-22-28)39-16-6-13-35(14-17-40(18-15-35)34(43)31-23-37-26-45-31)25-44-30-10-5-4-9-29(30)33(42)41(20-19-39)24-27-7-2-1-3-8-27/h1-5,7-12,22-23,26H,6,13-20,24-25H2. The van der Waals surface area contributed by atoms with Crippen LogP contribution >= 0.6 is 11.3 Å². The second-order valence-electron chi connectivity index (χ2n) is 11.8. The maximum absolute atomic E-state index is 14.2. The van der Waals surface area contributed by atoms with Crippen LogP contribution in [0, 0.1) is 16.7 Å². The summed E-state index contributed by atoms with van der Waals surface area (Å²) in [6, 6.07) is 23.4. The molecule has 0 unspecified atom stereocenters. The lowest BCUT2D eigenvalue weighted by Gasteiger charge is -2.42. The van der Waals surface area contributed by atoms with Gasteiger partial charge < -0.3 is 19.4 Å². The number of ether oxygens (including phenoxy) is 1. The zero-order valence-corrected chi connectivity index (χ0v) is 26.0. The van der Waals surface area contributed by atoms with E-state index >= 15 is 0 Å². The molecule has 230 valence electrons. The molecule has 2 aromatic carbocycles. The van der Waals surface area contributed by atoms with E-state index in [2.05, 4.69) is 20.9 Å². The van der Waals surface area contributed by atoms with E-state index in [1.807, 2.05) is 70.5 Å². The van der Waals surface area contributed by atoms with Crippen LogP contribution in [0.15, 0.2) is 84.6 Å². The van der Waals surface area contributed by atoms with Crippen molar-refractivity contribution in [2.24, 2.45) is 5.41 Å². The van der Waals surface area contributed by atoms with Crippen LogP contribution in [0.2, 0.25) is 0 Å². The largest absolute Gasteiger partial charge is 0.492 e. The van der Waals surface area contributed by atoms with Gasteiger partial charge in [0.15, 0.2) is 0 Å². The molecule has 2 aliphatic rings. The van der Waals surface area contributed by atoms with Crippen molar-refractivity contribution in [1.29, 1.82) is 5.26 Å². The van der Waals surface area contributed by atoms with E-state index in [9.17, 15) is 14.9 Å². The summed E-state index contributed by atoms with van der Waals surface area (Å²) in [5.41, 5.74) is 3.65. The van der Waals surface area contributed by atoms with Gasteiger partial charge in [-0.25, -0.2) is 4.98 Å². The summed E-state index contributed by atoms with van der Waals surface area (Å²) in [5, 5.41) is 9.32. The average Bonchev–Trinajstić information content (AvgIpc) is 3.64. The van der Waals surface area contributed by atoms with Crippen LogP contribution < -0.4 is 9.64 Å². The molecule has 0 aliphatic carbocycles. The topological polar surface area (TPSA) is 103 Å². The molecule has 1 saturated heterocycles. The van der Waals surface area contributed by atoms with E-state index in [1.54, 1.807) is 24.0 Å². The van der Waals surface area contributed by atoms with Crippen LogP contribution in [-0.4, -0.2) is 70.9 Å². The van der Waals surface area contributed by atoms with Crippen molar-refractivity contribution < 1.29 is 14.3 Å². The number of para-hydroxylation sites is 1. The van der Waals surface area contributed by atoms with Gasteiger partial charge in [0, 0.05) is 50.9 Å². The molecule has 0 bridgehead atoms. The van der Waals surface area contributed by atoms with Gasteiger partial charge in [0.1, 0.15) is 22.5 Å². The van der Waals surface area contributed by atoms with Gasteiger partial charge in [-0.3, -0.25) is 14.6 Å². The number of nitriles is 1. The fourth-order valence-electron chi connectivity index (χ4n) is 6.22. The normalized spacial score (nSPS) is 17.3. The Labute approximate surface area is 267 Å². The highest BCUT2D eigenvalue weighted by molar-refractivity contribution is 7.11. The van der Waals surface area contributed by atoms with E-state index in [4.69, 9.17) is 4.74 Å². The number of piperidine rings is 1. The number of amides is 2. The lowest BCUT2D eigenvalue weighted by molar-refractivity contribution is 0.0366. The predicted molar refractivity (Wildman–Crippen MR) is 173 cm³/mol. The Morgan fingerprint density at radius 3 is 2.47 bits per heavy atom. The number of fused-ring (bicyclic) bond motifs is 1. The number of hydrogen-bond donors (Lipinski definition) is 0. The number of rotatable bonds is 4. The monoisotopic (exact) mass is 620 g/mol. The maximum Gasteiger partial charge on any atom is 0.265 e. The van der Waals surface area contributed by atoms with E-state index in [-0.39, 0.29) is 17.2 Å². The summed E-state index contributed by atoms with van der Waals surface area (Å²) in [5.74, 6) is 1.32. The number of aromatic nitrogens is 2. The van der Waals surface area contributed by atoms with Gasteiger partial charge in [0.05, 0.1) is 29.4 Å². The molecular weight excluding hydrogens is 584 g/mol. The highest BCUT2D eigenvalue weighted by atomic mass is 32.1. The Bertz CT molecular complexity index is 1630. The van der Waals surface area contributed by atoms with Crippen molar-refractivity contribution in [3.8, 4) is 11.8 Å². The molecule has 45 heavy (non-hydrogen) atoms. The first-order chi connectivity index (χ1) is 22.0. The summed E-state index contributed by atoms with van der Waals surface area (Å²) in [7, 11) is 0. The first-order valence-corrected chi connectivity index (χ1v) is 16.3. The molecule has 6 rings (SSSR count). The van der Waals surface area contributed by atoms with Gasteiger partial charge in [0.25, 0.3) is 11.8 Å². The highest BCUT2D eigenvalue weighted by Gasteiger charge is 2.37. The number of nitrogens with zero attached hydrogens (tertiary/aromatic N) is 6. The van der Waals surface area contributed by atoms with Gasteiger partial charge in [-0.15, -0.1) is 11.3 Å². The molecule has 4 aromatic rings. The van der Waals surface area contributed by atoms with Crippen molar-refractivity contribution in [3.05, 3.63) is 106 Å². The van der Waals surface area contributed by atoms with Crippen molar-refractivity contribution >= 4 is 29.0 Å². The van der Waals surface area contributed by atoms with Crippen LogP contribution in [0.3, 0.4) is 0 Å². The van der Waals surface area contributed by atoms with Crippen molar-refractivity contribution in [3.63, 3.8) is 0 Å². The SMILES string of the molecule is N#Cc1ccc(N2CCCC3(CCN(C(=O)c4cncs4)CC3)COc3ccccc3C(=O)N(Cc3ccccc3)CC2)nc1. The molecule has 0 atom stereocenters. The van der Waals surface area contributed by atoms with Crippen LogP contribution in [-0.2, 0) is 6.54 Å². The van der Waals surface area contributed by atoms with Crippen molar-refractivity contribution in [1.82, 2.24) is 19.8 Å². The predicted octanol–water partition coefficient (Wildman–Crippen LogP) is 5.65. The number of carbonyl (C=O) groups is 2. The van der Waals surface area contributed by atoms with Crippen LogP contribution in [0.4, 0.5) is 5.82 Å². The zero-order chi connectivity index (χ0) is 31.1. The number of hydrogen-bond acceptors (Lipinski definition) is 8. The van der Waals surface area contributed by atoms with Gasteiger partial charge in [-0.05, 0) is 55.5 Å². The second-order valence-corrected chi connectivity index (χ2v) is 12.6. The molecule has 10 heteroatoms. The molecule has 2 aliphatic heterocycles. The third-order valence-corrected chi connectivity index (χ3v) is 9.65. The Morgan fingerprint density at radius 1 is 0.933 bits per heavy atom. The smallest absolute Gasteiger partial charge is 0.265 e. The van der Waals surface area contributed by atoms with E-state index in [0.29, 0.717) is 61.1 Å². The van der Waals surface area contributed by atoms with Gasteiger partial charge in [-0.1, -0.05) is 42.5 Å². The Kier molecular flexibility index (Phi) is 9.36. The van der Waals surface area contributed by atoms with Gasteiger partial charge in [-0.2, -0.15) is 5.26 Å². The highest BCUT2D eigenvalue weighted by Crippen LogP contribution is 2.38. The molecule has 2 amide bonds. The molecule has 0 saturated carbocycles. The lowest BCUT2D eigenvalue weighted by atomic mass is 9.75. The second kappa shape index (κ2) is 13.9. The summed E-state index contributed by atoms with van der Waals surface area (Å²) in [6.45, 7) is 4.04. The number of carbonyl (C=O) groups excluding carboxylic acids is 2. The Hall–Kier alpha value is -4.75. The molecule has 9 nitrogen and oxygen atoms in total. The minimum Gasteiger partial charge on any atom is -0.492 e. The third kappa shape index (κ3) is 7.15. The molecule has 0 N–H and O–H groups in total. The lowest BCUT2D eigenvalue weighted by Crippen LogP contribution is -2.45. The Balaban J connectivity index is 1.29. The van der Waals surface area contributed by atoms with Gasteiger partial charge >= 0.3 is 0 Å². The van der Waals surface area contributed by atoms with E-state index in [1.165, 1.54) is 11.3 Å². The maximum atomic E-state index is 14.2. The van der Waals surface area contributed by atoms with Gasteiger partial charge in [0.2, 0.25) is 0 Å². The van der Waals surface area contributed by atoms with Crippen molar-refractivity contribution in [2.75, 3.05) is 44.2 Å². The first-order valence-electron chi connectivity index (χ1n) is 15.4. The Morgan fingerprint density at radius 2 is 1.73 bits per heavy atom. The number of likely N-dealkylation sites (tertiary alicyclic amines) is 1. The van der Waals surface area contributed by atoms with Crippen LogP contribution in [0.1, 0.15) is 56.8 Å². The average molecular weight is 621 g/mol. The molecule has 1 fully saturated rings. The zero-order valence-electron chi connectivity index (χ0n) is 25.2. The molecule has 1 spiro atoms. The first kappa shape index (κ1) is 30.3. The fraction of sp³-hybridized carbons (Fsp3) is 0.343.